The van der Waals surface area contributed by atoms with Crippen LogP contribution in [0.25, 0.3) is 0 Å². The summed E-state index contributed by atoms with van der Waals surface area (Å²) in [5, 5.41) is 11.2. The van der Waals surface area contributed by atoms with Gasteiger partial charge in [-0.2, -0.15) is 13.2 Å². The molecule has 2 N–H and O–H groups in total. The summed E-state index contributed by atoms with van der Waals surface area (Å²) in [7, 11) is 0. The van der Waals surface area contributed by atoms with E-state index in [4.69, 9.17) is 5.11 Å². The topological polar surface area (TPSA) is 78.4 Å². The Kier molecular flexibility index (Phi) is 4.07. The van der Waals surface area contributed by atoms with Gasteiger partial charge in [0.25, 0.3) is 5.92 Å². The second kappa shape index (κ2) is 5.54. The third-order valence-electron chi connectivity index (χ3n) is 3.21. The molecule has 1 unspecified atom stereocenters. The highest BCUT2D eigenvalue weighted by Gasteiger charge is 2.50. The highest BCUT2D eigenvalue weighted by molar-refractivity contribution is 5.66. The molecule has 0 aliphatic carbocycles. The molecule has 2 heterocycles. The van der Waals surface area contributed by atoms with Gasteiger partial charge in [0.05, 0.1) is 12.4 Å². The Bertz CT molecular complexity index is 548. The van der Waals surface area contributed by atoms with Crippen molar-refractivity contribution in [2.45, 2.75) is 24.6 Å². The summed E-state index contributed by atoms with van der Waals surface area (Å²) >= 11 is 0. The number of hydrogen-bond donors (Lipinski definition) is 2. The van der Waals surface area contributed by atoms with Crippen molar-refractivity contribution in [3.8, 4) is 0 Å². The van der Waals surface area contributed by atoms with Gasteiger partial charge in [0.15, 0.2) is 5.69 Å². The Hall–Kier alpha value is -2.20. The number of hydrogen-bond acceptors (Lipinski definition) is 4. The maximum absolute atomic E-state index is 13.6. The first-order chi connectivity index (χ1) is 10.1. The fourth-order valence-corrected chi connectivity index (χ4v) is 2.08. The lowest BCUT2D eigenvalue weighted by Gasteiger charge is -2.25. The van der Waals surface area contributed by atoms with Crippen LogP contribution in [0.1, 0.15) is 12.1 Å². The fraction of sp³-hybridized carbons (Fsp3) is 0.545. The molecule has 11 heteroatoms. The summed E-state index contributed by atoms with van der Waals surface area (Å²) in [5.41, 5.74) is -1.21. The molecule has 1 amide bonds. The van der Waals surface area contributed by atoms with Gasteiger partial charge >= 0.3 is 12.3 Å². The first-order valence-corrected chi connectivity index (χ1v) is 6.12. The zero-order valence-electron chi connectivity index (χ0n) is 10.9. The molecular weight excluding hydrogens is 315 g/mol. The summed E-state index contributed by atoms with van der Waals surface area (Å²) in [5.74, 6) is -3.37. The van der Waals surface area contributed by atoms with Crippen molar-refractivity contribution >= 4 is 11.9 Å². The lowest BCUT2D eigenvalue weighted by Crippen LogP contribution is -2.46. The molecule has 1 fully saturated rings. The van der Waals surface area contributed by atoms with Gasteiger partial charge in [0.1, 0.15) is 11.9 Å². The van der Waals surface area contributed by atoms with E-state index in [0.717, 1.165) is 6.20 Å². The summed E-state index contributed by atoms with van der Waals surface area (Å²) in [6, 6.07) is -1.62. The van der Waals surface area contributed by atoms with Crippen molar-refractivity contribution in [1.82, 2.24) is 14.9 Å². The zero-order valence-corrected chi connectivity index (χ0v) is 10.9. The Labute approximate surface area is 121 Å². The molecule has 2 rings (SSSR count). The standard InChI is InChI=1S/C11H11F5N4O2/c12-10(13)1-2-20(9(21)22)7(10)4-19-8-5-17-6(3-18-8)11(14,15)16/h3,5,7H,1-2,4H2,(H,18,19)(H,21,22). The van der Waals surface area contributed by atoms with E-state index in [9.17, 15) is 26.7 Å². The van der Waals surface area contributed by atoms with Gasteiger partial charge in [0.2, 0.25) is 0 Å². The van der Waals surface area contributed by atoms with E-state index in [2.05, 4.69) is 15.3 Å². The average molecular weight is 326 g/mol. The monoisotopic (exact) mass is 326 g/mol. The van der Waals surface area contributed by atoms with Crippen LogP contribution in [0.3, 0.4) is 0 Å². The first-order valence-electron chi connectivity index (χ1n) is 6.12. The van der Waals surface area contributed by atoms with E-state index < -0.39 is 42.9 Å². The van der Waals surface area contributed by atoms with Gasteiger partial charge in [-0.1, -0.05) is 0 Å². The van der Waals surface area contributed by atoms with Gasteiger partial charge in [0, 0.05) is 19.5 Å². The number of aromatic nitrogens is 2. The fourth-order valence-electron chi connectivity index (χ4n) is 2.08. The highest BCUT2D eigenvalue weighted by atomic mass is 19.4. The number of carboxylic acid groups (broad SMARTS) is 1. The Balaban J connectivity index is 2.04. The molecule has 1 aromatic rings. The van der Waals surface area contributed by atoms with Gasteiger partial charge in [-0.25, -0.2) is 23.5 Å². The van der Waals surface area contributed by atoms with Crippen LogP contribution in [0, 0.1) is 0 Å². The van der Waals surface area contributed by atoms with Crippen molar-refractivity contribution in [3.63, 3.8) is 0 Å². The van der Waals surface area contributed by atoms with Crippen molar-refractivity contribution in [3.05, 3.63) is 18.1 Å². The number of amides is 1. The maximum Gasteiger partial charge on any atom is 0.434 e. The number of anilines is 1. The van der Waals surface area contributed by atoms with E-state index in [1.807, 2.05) is 0 Å². The summed E-state index contributed by atoms with van der Waals surface area (Å²) < 4.78 is 64.1. The minimum atomic E-state index is -4.65. The molecule has 6 nitrogen and oxygen atoms in total. The summed E-state index contributed by atoms with van der Waals surface area (Å²) in [6.07, 6.45) is -5.53. The number of rotatable bonds is 3. The molecule has 0 saturated carbocycles. The average Bonchev–Trinajstić information content (AvgIpc) is 2.71. The van der Waals surface area contributed by atoms with Crippen LogP contribution >= 0.6 is 0 Å². The Morgan fingerprint density at radius 3 is 2.59 bits per heavy atom. The largest absolute Gasteiger partial charge is 0.465 e. The highest BCUT2D eigenvalue weighted by Crippen LogP contribution is 2.34. The summed E-state index contributed by atoms with van der Waals surface area (Å²) in [4.78, 5) is 18.0. The molecule has 122 valence electrons. The van der Waals surface area contributed by atoms with Crippen LogP contribution < -0.4 is 5.32 Å². The van der Waals surface area contributed by atoms with E-state index in [0.29, 0.717) is 11.1 Å². The van der Waals surface area contributed by atoms with E-state index >= 15 is 0 Å². The van der Waals surface area contributed by atoms with E-state index in [1.54, 1.807) is 0 Å². The zero-order chi connectivity index (χ0) is 16.5. The van der Waals surface area contributed by atoms with Crippen molar-refractivity contribution in [1.29, 1.82) is 0 Å². The van der Waals surface area contributed by atoms with Crippen molar-refractivity contribution in [2.75, 3.05) is 18.4 Å². The van der Waals surface area contributed by atoms with E-state index in [-0.39, 0.29) is 12.4 Å². The molecule has 1 saturated heterocycles. The second-order valence-electron chi connectivity index (χ2n) is 4.67. The van der Waals surface area contributed by atoms with Crippen LogP contribution in [-0.2, 0) is 6.18 Å². The first kappa shape index (κ1) is 16.2. The predicted molar refractivity (Wildman–Crippen MR) is 63.6 cm³/mol. The lowest BCUT2D eigenvalue weighted by molar-refractivity contribution is -0.141. The molecule has 1 aliphatic heterocycles. The normalized spacial score (nSPS) is 21.0. The Morgan fingerprint density at radius 2 is 2.09 bits per heavy atom. The molecule has 0 bridgehead atoms. The maximum atomic E-state index is 13.6. The van der Waals surface area contributed by atoms with Gasteiger partial charge in [-0.15, -0.1) is 0 Å². The van der Waals surface area contributed by atoms with Crippen LogP contribution in [0.15, 0.2) is 12.4 Å². The third-order valence-corrected chi connectivity index (χ3v) is 3.21. The number of halogens is 5. The molecule has 1 atom stereocenters. The van der Waals surface area contributed by atoms with Gasteiger partial charge in [-0.3, -0.25) is 4.90 Å². The minimum Gasteiger partial charge on any atom is -0.465 e. The minimum absolute atomic E-state index is 0.152. The molecule has 1 aliphatic rings. The van der Waals surface area contributed by atoms with Crippen LogP contribution in [0.5, 0.6) is 0 Å². The quantitative estimate of drug-likeness (QED) is 0.833. The van der Waals surface area contributed by atoms with Crippen LogP contribution in [0.2, 0.25) is 0 Å². The molecule has 0 spiro atoms. The number of nitrogens with zero attached hydrogens (tertiary/aromatic N) is 3. The van der Waals surface area contributed by atoms with Crippen LogP contribution in [0.4, 0.5) is 32.6 Å². The SMILES string of the molecule is O=C(O)N1CCC(F)(F)C1CNc1cnc(C(F)(F)F)cn1. The molecule has 22 heavy (non-hydrogen) atoms. The molecule has 1 aromatic heterocycles. The summed E-state index contributed by atoms with van der Waals surface area (Å²) in [6.45, 7) is -0.799. The number of alkyl halides is 5. The number of likely N-dealkylation sites (tertiary alicyclic amines) is 1. The van der Waals surface area contributed by atoms with Gasteiger partial charge < -0.3 is 10.4 Å². The van der Waals surface area contributed by atoms with Gasteiger partial charge in [-0.05, 0) is 0 Å². The molecule has 0 aromatic carbocycles. The number of carbonyl (C=O) groups is 1. The second-order valence-corrected chi connectivity index (χ2v) is 4.67. The third kappa shape index (κ3) is 3.34. The van der Waals surface area contributed by atoms with Crippen molar-refractivity contribution in [2.24, 2.45) is 0 Å². The Morgan fingerprint density at radius 1 is 1.41 bits per heavy atom. The smallest absolute Gasteiger partial charge is 0.434 e. The molecular formula is C11H11F5N4O2. The lowest BCUT2D eigenvalue weighted by atomic mass is 10.1. The van der Waals surface area contributed by atoms with Crippen molar-refractivity contribution < 1.29 is 31.9 Å². The van der Waals surface area contributed by atoms with Crippen LogP contribution in [-0.4, -0.2) is 51.1 Å². The predicted octanol–water partition coefficient (Wildman–Crippen LogP) is 2.29. The molecule has 0 radical (unpaired) electrons. The van der Waals surface area contributed by atoms with E-state index in [1.165, 1.54) is 0 Å². The number of nitrogens with one attached hydrogen (secondary N) is 1.